The van der Waals surface area contributed by atoms with Crippen LogP contribution >= 0.6 is 0 Å². The van der Waals surface area contributed by atoms with Crippen LogP contribution in [0.25, 0.3) is 0 Å². The molecular formula is C27H32N2O6. The van der Waals surface area contributed by atoms with Crippen molar-refractivity contribution in [1.82, 2.24) is 4.90 Å². The molecule has 1 aromatic carbocycles. The average molecular weight is 481 g/mol. The van der Waals surface area contributed by atoms with Crippen LogP contribution in [0.4, 0.5) is 5.69 Å². The molecule has 0 bridgehead atoms. The number of hydrogen-bond acceptors (Lipinski definition) is 6. The number of rotatable bonds is 6. The van der Waals surface area contributed by atoms with E-state index in [1.54, 1.807) is 22.0 Å². The Morgan fingerprint density at radius 2 is 1.83 bits per heavy atom. The molecule has 8 heteroatoms. The van der Waals surface area contributed by atoms with Gasteiger partial charge in [0.05, 0.1) is 12.0 Å². The van der Waals surface area contributed by atoms with Crippen molar-refractivity contribution in [1.29, 1.82) is 0 Å². The van der Waals surface area contributed by atoms with Gasteiger partial charge in [0.15, 0.2) is 0 Å². The Bertz CT molecular complexity index is 1080. The summed E-state index contributed by atoms with van der Waals surface area (Å²) in [5.41, 5.74) is 1.54. The summed E-state index contributed by atoms with van der Waals surface area (Å²) < 4.78 is 11.9. The lowest BCUT2D eigenvalue weighted by Crippen LogP contribution is -2.55. The van der Waals surface area contributed by atoms with Gasteiger partial charge in [-0.15, -0.1) is 0 Å². The van der Waals surface area contributed by atoms with Crippen molar-refractivity contribution >= 4 is 23.5 Å². The highest BCUT2D eigenvalue weighted by Gasteiger charge is 2.71. The van der Waals surface area contributed by atoms with Crippen molar-refractivity contribution in [2.45, 2.75) is 50.9 Å². The van der Waals surface area contributed by atoms with Gasteiger partial charge in [0.2, 0.25) is 5.91 Å². The lowest BCUT2D eigenvalue weighted by molar-refractivity contribution is -0.152. The third-order valence-electron chi connectivity index (χ3n) is 7.68. The summed E-state index contributed by atoms with van der Waals surface area (Å²) >= 11 is 0. The summed E-state index contributed by atoms with van der Waals surface area (Å²) in [6, 6.07) is 5.02. The van der Waals surface area contributed by atoms with E-state index in [9.17, 15) is 19.5 Å². The fourth-order valence-corrected chi connectivity index (χ4v) is 6.21. The van der Waals surface area contributed by atoms with Gasteiger partial charge in [0.25, 0.3) is 5.91 Å². The van der Waals surface area contributed by atoms with Gasteiger partial charge in [0.1, 0.15) is 24.2 Å². The van der Waals surface area contributed by atoms with Crippen LogP contribution in [0.1, 0.15) is 30.4 Å². The average Bonchev–Trinajstić information content (AvgIpc) is 3.12. The van der Waals surface area contributed by atoms with E-state index in [0.717, 1.165) is 23.2 Å². The zero-order valence-corrected chi connectivity index (χ0v) is 20.2. The quantitative estimate of drug-likeness (QED) is 0.380. The van der Waals surface area contributed by atoms with E-state index in [0.29, 0.717) is 25.9 Å². The first-order valence-corrected chi connectivity index (χ1v) is 12.4. The number of cyclic esters (lactones) is 1. The minimum absolute atomic E-state index is 0.0803. The Balaban J connectivity index is 1.59. The van der Waals surface area contributed by atoms with Gasteiger partial charge in [0, 0.05) is 25.4 Å². The smallest absolute Gasteiger partial charge is 0.313 e. The predicted molar refractivity (Wildman–Crippen MR) is 129 cm³/mol. The third kappa shape index (κ3) is 3.70. The second-order valence-corrected chi connectivity index (χ2v) is 9.81. The number of carbonyl (C=O) groups is 3. The molecule has 1 N–H and O–H groups in total. The number of fused-ring (bicyclic) bond motifs is 2. The topological polar surface area (TPSA) is 96.4 Å². The molecule has 8 nitrogen and oxygen atoms in total. The minimum atomic E-state index is -1.24. The molecule has 0 aliphatic carbocycles. The van der Waals surface area contributed by atoms with Crippen LogP contribution in [0.15, 0.2) is 42.5 Å². The first kappa shape index (κ1) is 23.8. The molecule has 2 amide bonds. The number of aliphatic hydroxyl groups excluding tert-OH is 1. The first-order valence-electron chi connectivity index (χ1n) is 12.4. The Morgan fingerprint density at radius 3 is 2.57 bits per heavy atom. The molecule has 4 aliphatic heterocycles. The predicted octanol–water partition coefficient (Wildman–Crippen LogP) is 2.06. The van der Waals surface area contributed by atoms with Gasteiger partial charge < -0.3 is 24.4 Å². The first-order chi connectivity index (χ1) is 16.9. The molecule has 4 heterocycles. The molecule has 0 radical (unpaired) electrons. The molecule has 0 aromatic heterocycles. The Kier molecular flexibility index (Phi) is 6.27. The standard InChI is InChI=1S/C27H32N2O6/c1-17-9-6-10-18(2)22(17)28-14-8-12-27-21(20-19(35-27)11-7-16-34-26(20)33)24(31)29(23(27)25(28)32)13-4-3-5-15-30/h6-12,19-21,23,30H,3-5,13-16H2,1-2H3/t19-,20+,21+,23?,27+/m1/s1. The SMILES string of the molecule is Cc1cccc(C)c1N1CC=C[C@]23O[C@@H]4C=CCOC(=O)[C@@H]4[C@H]2C(=O)N(CCCCCO)C3C1=O. The maximum atomic E-state index is 14.3. The van der Waals surface area contributed by atoms with Crippen LogP contribution < -0.4 is 4.90 Å². The van der Waals surface area contributed by atoms with E-state index in [-0.39, 0.29) is 25.0 Å². The van der Waals surface area contributed by atoms with E-state index >= 15 is 0 Å². The zero-order chi connectivity index (χ0) is 24.7. The summed E-state index contributed by atoms with van der Waals surface area (Å²) in [5, 5.41) is 9.18. The van der Waals surface area contributed by atoms with Crippen molar-refractivity contribution in [3.63, 3.8) is 0 Å². The molecule has 2 fully saturated rings. The van der Waals surface area contributed by atoms with Crippen LogP contribution in [0.2, 0.25) is 0 Å². The highest BCUT2D eigenvalue weighted by atomic mass is 16.6. The number of unbranched alkanes of at least 4 members (excludes halogenated alkanes) is 2. The summed E-state index contributed by atoms with van der Waals surface area (Å²) in [7, 11) is 0. The molecule has 5 rings (SSSR count). The second kappa shape index (κ2) is 9.24. The number of esters is 1. The number of anilines is 1. The summed E-state index contributed by atoms with van der Waals surface area (Å²) in [5.74, 6) is -2.55. The van der Waals surface area contributed by atoms with Gasteiger partial charge >= 0.3 is 5.97 Å². The Labute approximate surface area is 205 Å². The van der Waals surface area contributed by atoms with Gasteiger partial charge in [-0.2, -0.15) is 0 Å². The lowest BCUT2D eigenvalue weighted by atomic mass is 9.78. The highest BCUT2D eigenvalue weighted by Crippen LogP contribution is 2.53. The molecule has 2 saturated heterocycles. The molecule has 35 heavy (non-hydrogen) atoms. The van der Waals surface area contributed by atoms with Crippen LogP contribution in [-0.2, 0) is 23.9 Å². The molecule has 1 spiro atoms. The molecule has 0 saturated carbocycles. The minimum Gasteiger partial charge on any atom is -0.461 e. The molecule has 186 valence electrons. The second-order valence-electron chi connectivity index (χ2n) is 9.81. The number of aryl methyl sites for hydroxylation is 2. The fourth-order valence-electron chi connectivity index (χ4n) is 6.21. The maximum Gasteiger partial charge on any atom is 0.313 e. The van der Waals surface area contributed by atoms with E-state index in [1.165, 1.54) is 0 Å². The van der Waals surface area contributed by atoms with Crippen molar-refractivity contribution in [3.8, 4) is 0 Å². The highest BCUT2D eigenvalue weighted by molar-refractivity contribution is 6.06. The number of ether oxygens (including phenoxy) is 2. The monoisotopic (exact) mass is 480 g/mol. The number of likely N-dealkylation sites (tertiary alicyclic amines) is 1. The molecular weight excluding hydrogens is 448 g/mol. The Hall–Kier alpha value is -2.97. The number of amides is 2. The van der Waals surface area contributed by atoms with Gasteiger partial charge in [-0.3, -0.25) is 14.4 Å². The third-order valence-corrected chi connectivity index (χ3v) is 7.68. The van der Waals surface area contributed by atoms with Crippen LogP contribution in [-0.4, -0.2) is 71.8 Å². The number of hydrogen-bond donors (Lipinski definition) is 1. The van der Waals surface area contributed by atoms with Gasteiger partial charge in [-0.05, 0) is 50.3 Å². The van der Waals surface area contributed by atoms with Crippen molar-refractivity contribution in [2.24, 2.45) is 11.8 Å². The van der Waals surface area contributed by atoms with Crippen LogP contribution in [0, 0.1) is 25.7 Å². The lowest BCUT2D eigenvalue weighted by Gasteiger charge is -2.36. The number of carbonyl (C=O) groups excluding carboxylic acids is 3. The van der Waals surface area contributed by atoms with Crippen molar-refractivity contribution in [3.05, 3.63) is 53.6 Å². The van der Waals surface area contributed by atoms with E-state index < -0.39 is 35.6 Å². The fraction of sp³-hybridized carbons (Fsp3) is 0.519. The van der Waals surface area contributed by atoms with Gasteiger partial charge in [-0.1, -0.05) is 36.4 Å². The number of nitrogens with zero attached hydrogens (tertiary/aromatic N) is 2. The van der Waals surface area contributed by atoms with Crippen molar-refractivity contribution < 1.29 is 29.0 Å². The number of benzene rings is 1. The van der Waals surface area contributed by atoms with Crippen LogP contribution in [0.3, 0.4) is 0 Å². The van der Waals surface area contributed by atoms with E-state index in [4.69, 9.17) is 9.47 Å². The molecule has 5 atom stereocenters. The summed E-state index contributed by atoms with van der Waals surface area (Å²) in [6.45, 7) is 4.87. The zero-order valence-electron chi connectivity index (χ0n) is 20.2. The number of para-hydroxylation sites is 1. The van der Waals surface area contributed by atoms with Crippen LogP contribution in [0.5, 0.6) is 0 Å². The maximum absolute atomic E-state index is 14.3. The molecule has 4 aliphatic rings. The summed E-state index contributed by atoms with van der Waals surface area (Å²) in [4.78, 5) is 44.5. The number of aliphatic hydroxyl groups is 1. The van der Waals surface area contributed by atoms with Crippen molar-refractivity contribution in [2.75, 3.05) is 31.2 Å². The Morgan fingerprint density at radius 1 is 1.06 bits per heavy atom. The molecule has 1 unspecified atom stereocenters. The normalized spacial score (nSPS) is 31.7. The largest absolute Gasteiger partial charge is 0.461 e. The molecule has 1 aromatic rings. The van der Waals surface area contributed by atoms with E-state index in [2.05, 4.69) is 0 Å². The van der Waals surface area contributed by atoms with E-state index in [1.807, 2.05) is 44.2 Å². The summed E-state index contributed by atoms with van der Waals surface area (Å²) in [6.07, 6.45) is 8.62. The van der Waals surface area contributed by atoms with Gasteiger partial charge in [-0.25, -0.2) is 0 Å².